The van der Waals surface area contributed by atoms with E-state index in [4.69, 9.17) is 0 Å². The van der Waals surface area contributed by atoms with Gasteiger partial charge in [-0.25, -0.2) is 4.39 Å². The Morgan fingerprint density at radius 3 is 2.73 bits per heavy atom. The molecule has 0 aliphatic rings. The van der Waals surface area contributed by atoms with E-state index in [2.05, 4.69) is 27.8 Å². The highest BCUT2D eigenvalue weighted by Crippen LogP contribution is 2.24. The highest BCUT2D eigenvalue weighted by Gasteiger charge is 2.19. The standard InChI is InChI=1S/C18H18FN5OS/c1-3-13-7-9-15(10-8-13)20-17(25)12(2)26-18-21-22-23-24(18)16-6-4-5-14(19)11-16/h4-12H,3H2,1-2H3,(H,20,25)/t12-/m0/s1. The first-order valence-corrected chi connectivity index (χ1v) is 9.05. The summed E-state index contributed by atoms with van der Waals surface area (Å²) in [4.78, 5) is 12.4. The Balaban J connectivity index is 1.69. The number of carbonyl (C=O) groups excluding carboxylic acids is 1. The molecule has 0 saturated carbocycles. The first-order valence-electron chi connectivity index (χ1n) is 8.17. The van der Waals surface area contributed by atoms with Gasteiger partial charge in [0.05, 0.1) is 10.9 Å². The molecule has 0 radical (unpaired) electrons. The summed E-state index contributed by atoms with van der Waals surface area (Å²) in [5.74, 6) is -0.539. The van der Waals surface area contributed by atoms with Crippen molar-refractivity contribution < 1.29 is 9.18 Å². The molecule has 134 valence electrons. The molecule has 3 aromatic rings. The van der Waals surface area contributed by atoms with Crippen molar-refractivity contribution >= 4 is 23.4 Å². The van der Waals surface area contributed by atoms with Crippen LogP contribution >= 0.6 is 11.8 Å². The van der Waals surface area contributed by atoms with Crippen LogP contribution in [0.4, 0.5) is 10.1 Å². The molecule has 0 bridgehead atoms. The average molecular weight is 371 g/mol. The SMILES string of the molecule is CCc1ccc(NC(=O)[C@H](C)Sc2nnnn2-c2cccc(F)c2)cc1. The molecule has 0 aliphatic carbocycles. The fourth-order valence-electron chi connectivity index (χ4n) is 2.30. The van der Waals surface area contributed by atoms with Gasteiger partial charge in [0.25, 0.3) is 0 Å². The summed E-state index contributed by atoms with van der Waals surface area (Å²) in [6.07, 6.45) is 0.948. The number of nitrogens with zero attached hydrogens (tertiary/aromatic N) is 4. The van der Waals surface area contributed by atoms with Crippen LogP contribution in [0.15, 0.2) is 53.7 Å². The van der Waals surface area contributed by atoms with Gasteiger partial charge < -0.3 is 5.32 Å². The Kier molecular flexibility index (Phi) is 5.62. The maximum atomic E-state index is 13.4. The van der Waals surface area contributed by atoms with Crippen LogP contribution in [0.2, 0.25) is 0 Å². The number of halogens is 1. The molecule has 8 heteroatoms. The number of thioether (sulfide) groups is 1. The highest BCUT2D eigenvalue weighted by atomic mass is 32.2. The molecule has 3 rings (SSSR count). The normalized spacial score (nSPS) is 12.0. The Morgan fingerprint density at radius 2 is 2.04 bits per heavy atom. The molecule has 0 unspecified atom stereocenters. The number of hydrogen-bond acceptors (Lipinski definition) is 5. The minimum atomic E-state index is -0.431. The van der Waals surface area contributed by atoms with Crippen LogP contribution in [0.3, 0.4) is 0 Å². The average Bonchev–Trinajstić information content (AvgIpc) is 3.10. The van der Waals surface area contributed by atoms with Gasteiger partial charge in [0.1, 0.15) is 5.82 Å². The van der Waals surface area contributed by atoms with Gasteiger partial charge in [0, 0.05) is 5.69 Å². The number of tetrazole rings is 1. The number of aromatic nitrogens is 4. The number of hydrogen-bond donors (Lipinski definition) is 1. The summed E-state index contributed by atoms with van der Waals surface area (Å²) in [5, 5.41) is 14.3. The molecule has 1 heterocycles. The number of carbonyl (C=O) groups is 1. The number of aryl methyl sites for hydroxylation is 1. The molecule has 1 amide bonds. The summed E-state index contributed by atoms with van der Waals surface area (Å²) in [7, 11) is 0. The second-order valence-corrected chi connectivity index (χ2v) is 6.96. The summed E-state index contributed by atoms with van der Waals surface area (Å²) in [6, 6.07) is 13.7. The van der Waals surface area contributed by atoms with Gasteiger partial charge in [0.2, 0.25) is 11.1 Å². The number of rotatable bonds is 6. The molecular formula is C18H18FN5OS. The lowest BCUT2D eigenvalue weighted by molar-refractivity contribution is -0.115. The maximum absolute atomic E-state index is 13.4. The first-order chi connectivity index (χ1) is 12.6. The minimum absolute atomic E-state index is 0.159. The minimum Gasteiger partial charge on any atom is -0.325 e. The van der Waals surface area contributed by atoms with E-state index in [1.165, 1.54) is 34.1 Å². The lowest BCUT2D eigenvalue weighted by atomic mass is 10.1. The monoisotopic (exact) mass is 371 g/mol. The Labute approximate surface area is 154 Å². The second kappa shape index (κ2) is 8.09. The van der Waals surface area contributed by atoms with Crippen molar-refractivity contribution in [1.82, 2.24) is 20.2 Å². The van der Waals surface area contributed by atoms with Gasteiger partial charge in [-0.05, 0) is 59.7 Å². The maximum Gasteiger partial charge on any atom is 0.237 e. The van der Waals surface area contributed by atoms with Crippen LogP contribution in [-0.4, -0.2) is 31.4 Å². The van der Waals surface area contributed by atoms with Crippen molar-refractivity contribution in [2.75, 3.05) is 5.32 Å². The summed E-state index contributed by atoms with van der Waals surface area (Å²) < 4.78 is 14.8. The van der Waals surface area contributed by atoms with E-state index in [1.807, 2.05) is 24.3 Å². The van der Waals surface area contributed by atoms with Crippen LogP contribution in [0, 0.1) is 5.82 Å². The van der Waals surface area contributed by atoms with Crippen LogP contribution < -0.4 is 5.32 Å². The van der Waals surface area contributed by atoms with Crippen LogP contribution in [0.1, 0.15) is 19.4 Å². The summed E-state index contributed by atoms with van der Waals surface area (Å²) >= 11 is 1.20. The number of amides is 1. The van der Waals surface area contributed by atoms with Gasteiger partial charge >= 0.3 is 0 Å². The van der Waals surface area contributed by atoms with Crippen LogP contribution in [0.25, 0.3) is 5.69 Å². The van der Waals surface area contributed by atoms with Gasteiger partial charge in [-0.1, -0.05) is 36.9 Å². The zero-order valence-electron chi connectivity index (χ0n) is 14.4. The molecule has 0 saturated heterocycles. The smallest absolute Gasteiger partial charge is 0.237 e. The molecule has 0 fully saturated rings. The summed E-state index contributed by atoms with van der Waals surface area (Å²) in [6.45, 7) is 3.85. The van der Waals surface area contributed by atoms with Gasteiger partial charge in [-0.3, -0.25) is 4.79 Å². The predicted octanol–water partition coefficient (Wildman–Crippen LogP) is 3.48. The zero-order valence-corrected chi connectivity index (χ0v) is 15.2. The molecular weight excluding hydrogens is 353 g/mol. The Hall–Kier alpha value is -2.74. The molecule has 6 nitrogen and oxygen atoms in total. The zero-order chi connectivity index (χ0) is 18.5. The topological polar surface area (TPSA) is 72.7 Å². The molecule has 1 aromatic heterocycles. The number of anilines is 1. The van der Waals surface area contributed by atoms with Crippen molar-refractivity contribution in [3.63, 3.8) is 0 Å². The van der Waals surface area contributed by atoms with Crippen molar-refractivity contribution in [2.24, 2.45) is 0 Å². The third kappa shape index (κ3) is 4.26. The van der Waals surface area contributed by atoms with E-state index < -0.39 is 5.25 Å². The van der Waals surface area contributed by atoms with Gasteiger partial charge in [0.15, 0.2) is 0 Å². The van der Waals surface area contributed by atoms with E-state index in [9.17, 15) is 9.18 Å². The third-order valence-electron chi connectivity index (χ3n) is 3.77. The lowest BCUT2D eigenvalue weighted by Crippen LogP contribution is -2.22. The van der Waals surface area contributed by atoms with Crippen molar-refractivity contribution in [1.29, 1.82) is 0 Å². The lowest BCUT2D eigenvalue weighted by Gasteiger charge is -2.12. The molecule has 26 heavy (non-hydrogen) atoms. The molecule has 1 N–H and O–H groups in total. The van der Waals surface area contributed by atoms with Crippen molar-refractivity contribution in [3.05, 3.63) is 59.9 Å². The first kappa shape index (κ1) is 18.1. The van der Waals surface area contributed by atoms with Crippen molar-refractivity contribution in [2.45, 2.75) is 30.7 Å². The van der Waals surface area contributed by atoms with Crippen molar-refractivity contribution in [3.8, 4) is 5.69 Å². The highest BCUT2D eigenvalue weighted by molar-refractivity contribution is 8.00. The Morgan fingerprint density at radius 1 is 1.27 bits per heavy atom. The summed E-state index contributed by atoms with van der Waals surface area (Å²) in [5.41, 5.74) is 2.45. The van der Waals surface area contributed by atoms with E-state index in [0.717, 1.165) is 12.1 Å². The van der Waals surface area contributed by atoms with E-state index in [1.54, 1.807) is 19.1 Å². The fourth-order valence-corrected chi connectivity index (χ4v) is 3.11. The number of benzene rings is 2. The van der Waals surface area contributed by atoms with Gasteiger partial charge in [-0.15, -0.1) is 5.10 Å². The molecule has 0 spiro atoms. The molecule has 1 atom stereocenters. The van der Waals surface area contributed by atoms with E-state index in [0.29, 0.717) is 10.8 Å². The van der Waals surface area contributed by atoms with Crippen LogP contribution in [0.5, 0.6) is 0 Å². The predicted molar refractivity (Wildman–Crippen MR) is 98.9 cm³/mol. The Bertz CT molecular complexity index is 897. The largest absolute Gasteiger partial charge is 0.325 e. The molecule has 2 aromatic carbocycles. The fraction of sp³-hybridized carbons (Fsp3) is 0.222. The van der Waals surface area contributed by atoms with Crippen LogP contribution in [-0.2, 0) is 11.2 Å². The van der Waals surface area contributed by atoms with E-state index in [-0.39, 0.29) is 11.7 Å². The van der Waals surface area contributed by atoms with E-state index >= 15 is 0 Å². The van der Waals surface area contributed by atoms with Gasteiger partial charge in [-0.2, -0.15) is 4.68 Å². The quantitative estimate of drug-likeness (QED) is 0.672. The third-order valence-corrected chi connectivity index (χ3v) is 4.81. The second-order valence-electron chi connectivity index (χ2n) is 5.65. The molecule has 0 aliphatic heterocycles. The number of nitrogens with one attached hydrogen (secondary N) is 1.